The average Bonchev–Trinajstić information content (AvgIpc) is 2.95. The molecule has 1 saturated heterocycles. The number of nitrogens with zero attached hydrogens (tertiary/aromatic N) is 2. The molecule has 0 unspecified atom stereocenters. The molecule has 1 aromatic carbocycles. The number of benzene rings is 1. The van der Waals surface area contributed by atoms with E-state index in [1.165, 1.54) is 6.07 Å². The van der Waals surface area contributed by atoms with Crippen LogP contribution in [0.15, 0.2) is 42.6 Å². The molecule has 0 spiro atoms. The van der Waals surface area contributed by atoms with Crippen LogP contribution in [-0.4, -0.2) is 29.3 Å². The van der Waals surface area contributed by atoms with Gasteiger partial charge in [-0.05, 0) is 18.2 Å². The van der Waals surface area contributed by atoms with E-state index in [1.807, 2.05) is 17.0 Å². The van der Waals surface area contributed by atoms with E-state index in [0.29, 0.717) is 19.5 Å². The molecule has 1 aliphatic rings. The van der Waals surface area contributed by atoms with Gasteiger partial charge in [-0.25, -0.2) is 4.98 Å². The van der Waals surface area contributed by atoms with E-state index in [1.54, 1.807) is 12.1 Å². The van der Waals surface area contributed by atoms with Crippen LogP contribution in [0.25, 0.3) is 0 Å². The van der Waals surface area contributed by atoms with E-state index in [0.717, 1.165) is 18.0 Å². The smallest absolute Gasteiger partial charge is 0.417 e. The van der Waals surface area contributed by atoms with E-state index in [-0.39, 0.29) is 17.7 Å². The van der Waals surface area contributed by atoms with Gasteiger partial charge in [0.2, 0.25) is 5.88 Å². The quantitative estimate of drug-likeness (QED) is 0.939. The zero-order chi connectivity index (χ0) is 16.4. The number of phenols is 1. The minimum absolute atomic E-state index is 0.169. The lowest BCUT2D eigenvalue weighted by molar-refractivity contribution is -0.137. The van der Waals surface area contributed by atoms with Crippen LogP contribution in [0.1, 0.15) is 12.0 Å². The summed E-state index contributed by atoms with van der Waals surface area (Å²) in [6.45, 7) is 1.24. The molecular weight excluding hydrogens is 309 g/mol. The van der Waals surface area contributed by atoms with Gasteiger partial charge in [-0.3, -0.25) is 0 Å². The fraction of sp³-hybridized carbons (Fsp3) is 0.312. The van der Waals surface area contributed by atoms with Crippen LogP contribution in [0.4, 0.5) is 18.9 Å². The monoisotopic (exact) mass is 324 g/mol. The number of hydrogen-bond acceptors (Lipinski definition) is 4. The first kappa shape index (κ1) is 15.5. The third-order valence-corrected chi connectivity index (χ3v) is 3.72. The average molecular weight is 324 g/mol. The Hall–Kier alpha value is -2.44. The maximum Gasteiger partial charge on any atom is 0.417 e. The van der Waals surface area contributed by atoms with Crippen LogP contribution in [0.2, 0.25) is 0 Å². The Kier molecular flexibility index (Phi) is 4.02. The molecule has 1 N–H and O–H groups in total. The van der Waals surface area contributed by atoms with Crippen molar-refractivity contribution in [3.05, 3.63) is 48.2 Å². The maximum atomic E-state index is 12.5. The van der Waals surface area contributed by atoms with Crippen LogP contribution in [0.3, 0.4) is 0 Å². The Balaban J connectivity index is 1.63. The number of anilines is 1. The predicted octanol–water partition coefficient (Wildman–Crippen LogP) is 3.46. The first-order chi connectivity index (χ1) is 10.9. The number of halogens is 3. The zero-order valence-electron chi connectivity index (χ0n) is 12.1. The van der Waals surface area contributed by atoms with Crippen LogP contribution in [0, 0.1) is 0 Å². The summed E-state index contributed by atoms with van der Waals surface area (Å²) in [4.78, 5) is 5.69. The van der Waals surface area contributed by atoms with E-state index in [4.69, 9.17) is 4.74 Å². The summed E-state index contributed by atoms with van der Waals surface area (Å²) in [5.74, 6) is 0.364. The highest BCUT2D eigenvalue weighted by atomic mass is 19.4. The fourth-order valence-electron chi connectivity index (χ4n) is 2.56. The molecule has 0 amide bonds. The minimum Gasteiger partial charge on any atom is -0.506 e. The Morgan fingerprint density at radius 3 is 2.61 bits per heavy atom. The lowest BCUT2D eigenvalue weighted by atomic mass is 10.2. The molecule has 1 atom stereocenters. The summed E-state index contributed by atoms with van der Waals surface area (Å²) in [5, 5.41) is 9.85. The molecule has 0 saturated carbocycles. The van der Waals surface area contributed by atoms with Gasteiger partial charge in [0.15, 0.2) is 0 Å². The molecule has 4 nitrogen and oxygen atoms in total. The highest BCUT2D eigenvalue weighted by Gasteiger charge is 2.31. The topological polar surface area (TPSA) is 45.6 Å². The number of para-hydroxylation sites is 2. The zero-order valence-corrected chi connectivity index (χ0v) is 12.1. The molecule has 3 rings (SSSR count). The molecule has 0 aliphatic carbocycles. The SMILES string of the molecule is Oc1ccccc1N1CC[C@@H](Oc2ccc(C(F)(F)F)cn2)C1. The Labute approximate surface area is 131 Å². The number of pyridine rings is 1. The first-order valence-corrected chi connectivity index (χ1v) is 7.16. The second-order valence-electron chi connectivity index (χ2n) is 5.35. The number of hydrogen-bond donors (Lipinski definition) is 1. The van der Waals surface area contributed by atoms with Crippen molar-refractivity contribution in [3.8, 4) is 11.6 Å². The van der Waals surface area contributed by atoms with Crippen molar-refractivity contribution in [2.75, 3.05) is 18.0 Å². The van der Waals surface area contributed by atoms with Crippen molar-refractivity contribution in [1.29, 1.82) is 0 Å². The summed E-state index contributed by atoms with van der Waals surface area (Å²) in [5.41, 5.74) is -0.0777. The minimum atomic E-state index is -4.40. The first-order valence-electron chi connectivity index (χ1n) is 7.16. The Bertz CT molecular complexity index is 674. The number of rotatable bonds is 3. The van der Waals surface area contributed by atoms with Gasteiger partial charge in [-0.15, -0.1) is 0 Å². The van der Waals surface area contributed by atoms with E-state index in [2.05, 4.69) is 4.98 Å². The normalized spacial score (nSPS) is 18.2. The third kappa shape index (κ3) is 3.49. The molecule has 1 fully saturated rings. The van der Waals surface area contributed by atoms with Gasteiger partial charge in [0.05, 0.1) is 17.8 Å². The van der Waals surface area contributed by atoms with Crippen LogP contribution in [0.5, 0.6) is 11.6 Å². The number of aromatic nitrogens is 1. The molecule has 0 radical (unpaired) electrons. The summed E-state index contributed by atoms with van der Waals surface area (Å²) in [6.07, 6.45) is -3.11. The predicted molar refractivity (Wildman–Crippen MR) is 78.6 cm³/mol. The van der Waals surface area contributed by atoms with E-state index in [9.17, 15) is 18.3 Å². The largest absolute Gasteiger partial charge is 0.506 e. The summed E-state index contributed by atoms with van der Waals surface area (Å²) < 4.78 is 43.1. The molecular formula is C16H15F3N2O2. The van der Waals surface area contributed by atoms with E-state index < -0.39 is 11.7 Å². The maximum absolute atomic E-state index is 12.5. The van der Waals surface area contributed by atoms with E-state index >= 15 is 0 Å². The van der Waals surface area contributed by atoms with Gasteiger partial charge in [0, 0.05) is 25.2 Å². The number of ether oxygens (including phenoxy) is 1. The van der Waals surface area contributed by atoms with Crippen molar-refractivity contribution in [3.63, 3.8) is 0 Å². The molecule has 2 aromatic rings. The molecule has 1 aromatic heterocycles. The van der Waals surface area contributed by atoms with Crippen LogP contribution >= 0.6 is 0 Å². The van der Waals surface area contributed by atoms with Gasteiger partial charge in [-0.1, -0.05) is 12.1 Å². The van der Waals surface area contributed by atoms with Gasteiger partial charge in [0.25, 0.3) is 0 Å². The molecule has 2 heterocycles. The number of phenolic OH excluding ortho intramolecular Hbond substituents is 1. The highest BCUT2D eigenvalue weighted by Crippen LogP contribution is 2.31. The lowest BCUT2D eigenvalue weighted by Gasteiger charge is -2.19. The molecule has 7 heteroatoms. The Morgan fingerprint density at radius 2 is 1.96 bits per heavy atom. The third-order valence-electron chi connectivity index (χ3n) is 3.72. The number of aromatic hydroxyl groups is 1. The second kappa shape index (κ2) is 5.98. The van der Waals surface area contributed by atoms with Crippen LogP contribution < -0.4 is 9.64 Å². The molecule has 0 bridgehead atoms. The van der Waals surface area contributed by atoms with Crippen molar-refractivity contribution in [2.24, 2.45) is 0 Å². The fourth-order valence-corrected chi connectivity index (χ4v) is 2.56. The summed E-state index contributed by atoms with van der Waals surface area (Å²) >= 11 is 0. The van der Waals surface area contributed by atoms with Crippen LogP contribution in [-0.2, 0) is 6.18 Å². The van der Waals surface area contributed by atoms with Crippen molar-refractivity contribution < 1.29 is 23.0 Å². The molecule has 23 heavy (non-hydrogen) atoms. The standard InChI is InChI=1S/C16H15F3N2O2/c17-16(18,19)11-5-6-15(20-9-11)23-12-7-8-21(10-12)13-3-1-2-4-14(13)22/h1-6,9,12,22H,7-8,10H2/t12-/m1/s1. The second-order valence-corrected chi connectivity index (χ2v) is 5.35. The van der Waals surface area contributed by atoms with Crippen molar-refractivity contribution in [1.82, 2.24) is 4.98 Å². The molecule has 122 valence electrons. The molecule has 1 aliphatic heterocycles. The van der Waals surface area contributed by atoms with Gasteiger partial charge < -0.3 is 14.7 Å². The Morgan fingerprint density at radius 1 is 1.17 bits per heavy atom. The summed E-state index contributed by atoms with van der Waals surface area (Å²) in [6, 6.07) is 9.19. The lowest BCUT2D eigenvalue weighted by Crippen LogP contribution is -2.24. The van der Waals surface area contributed by atoms with Gasteiger partial charge in [-0.2, -0.15) is 13.2 Å². The summed E-state index contributed by atoms with van der Waals surface area (Å²) in [7, 11) is 0. The highest BCUT2D eigenvalue weighted by molar-refractivity contribution is 5.58. The number of alkyl halides is 3. The van der Waals surface area contributed by atoms with Crippen molar-refractivity contribution >= 4 is 5.69 Å². The van der Waals surface area contributed by atoms with Gasteiger partial charge in [0.1, 0.15) is 11.9 Å². The van der Waals surface area contributed by atoms with Crippen molar-refractivity contribution in [2.45, 2.75) is 18.7 Å². The van der Waals surface area contributed by atoms with Gasteiger partial charge >= 0.3 is 6.18 Å².